The van der Waals surface area contributed by atoms with Crippen LogP contribution in [0.15, 0.2) is 0 Å². The molecule has 0 bridgehead atoms. The summed E-state index contributed by atoms with van der Waals surface area (Å²) in [5, 5.41) is 0. The fraction of sp³-hybridized carbons (Fsp3) is 1.00. The van der Waals surface area contributed by atoms with Crippen molar-refractivity contribution in [3.05, 3.63) is 0 Å². The van der Waals surface area contributed by atoms with Gasteiger partial charge in [0.2, 0.25) is 0 Å². The van der Waals surface area contributed by atoms with Crippen LogP contribution in [0.25, 0.3) is 0 Å². The first kappa shape index (κ1) is 12.7. The molecule has 1 unspecified atom stereocenters. The molecule has 2 aliphatic rings. The van der Waals surface area contributed by atoms with Gasteiger partial charge in [-0.3, -0.25) is 4.90 Å². The number of likely N-dealkylation sites (N-methyl/N-ethyl adjacent to an activating group) is 1. The second-order valence-electron chi connectivity index (χ2n) is 5.95. The zero-order valence-corrected chi connectivity index (χ0v) is 11.6. The van der Waals surface area contributed by atoms with Gasteiger partial charge < -0.3 is 10.6 Å². The maximum absolute atomic E-state index is 6.08. The lowest BCUT2D eigenvalue weighted by molar-refractivity contribution is 0.0958. The predicted octanol–water partition coefficient (Wildman–Crippen LogP) is 0.847. The molecule has 0 aromatic heterocycles. The predicted molar refractivity (Wildman–Crippen MR) is 72.0 cm³/mol. The van der Waals surface area contributed by atoms with Crippen molar-refractivity contribution in [3.63, 3.8) is 0 Å². The summed E-state index contributed by atoms with van der Waals surface area (Å²) in [4.78, 5) is 5.08. The third kappa shape index (κ3) is 2.40. The van der Waals surface area contributed by atoms with Gasteiger partial charge in [0.15, 0.2) is 0 Å². The molecule has 3 nitrogen and oxygen atoms in total. The Morgan fingerprint density at radius 2 is 2.00 bits per heavy atom. The van der Waals surface area contributed by atoms with Gasteiger partial charge in [0.25, 0.3) is 0 Å². The molecular weight excluding hydrogens is 218 g/mol. The Morgan fingerprint density at radius 3 is 2.50 bits per heavy atom. The molecule has 2 heterocycles. The Labute approximate surface area is 104 Å². The van der Waals surface area contributed by atoms with E-state index in [2.05, 4.69) is 42.5 Å². The van der Waals surface area contributed by atoms with Crippen molar-refractivity contribution in [1.82, 2.24) is 9.80 Å². The van der Waals surface area contributed by atoms with E-state index < -0.39 is 0 Å². The van der Waals surface area contributed by atoms with Crippen LogP contribution in [-0.2, 0) is 0 Å². The second-order valence-corrected chi connectivity index (χ2v) is 7.75. The molecule has 2 N–H and O–H groups in total. The van der Waals surface area contributed by atoms with Gasteiger partial charge in [-0.1, -0.05) is 0 Å². The zero-order chi connectivity index (χ0) is 11.8. The molecule has 0 aromatic carbocycles. The molecule has 0 spiro atoms. The average Bonchev–Trinajstić information content (AvgIpc) is 2.60. The summed E-state index contributed by atoms with van der Waals surface area (Å²) in [5.74, 6) is 1.25. The molecule has 0 aliphatic carbocycles. The summed E-state index contributed by atoms with van der Waals surface area (Å²) < 4.78 is 0.390. The minimum absolute atomic E-state index is 0.257. The van der Waals surface area contributed by atoms with E-state index >= 15 is 0 Å². The van der Waals surface area contributed by atoms with Crippen LogP contribution in [0, 0.1) is 0 Å². The fourth-order valence-corrected chi connectivity index (χ4v) is 4.15. The highest BCUT2D eigenvalue weighted by Gasteiger charge is 2.43. The van der Waals surface area contributed by atoms with Crippen LogP contribution in [0.1, 0.15) is 20.3 Å². The van der Waals surface area contributed by atoms with Gasteiger partial charge in [0, 0.05) is 42.2 Å². The number of nitrogens with two attached hydrogens (primary N) is 1. The number of nitrogens with zero attached hydrogens (tertiary/aromatic N) is 2. The molecule has 0 aromatic rings. The Kier molecular flexibility index (Phi) is 3.55. The zero-order valence-electron chi connectivity index (χ0n) is 10.8. The van der Waals surface area contributed by atoms with Gasteiger partial charge >= 0.3 is 0 Å². The minimum atomic E-state index is 0.257. The summed E-state index contributed by atoms with van der Waals surface area (Å²) in [6.07, 6.45) is 1.24. The lowest BCUT2D eigenvalue weighted by atomic mass is 9.94. The number of likely N-dealkylation sites (tertiary alicyclic amines) is 1. The summed E-state index contributed by atoms with van der Waals surface area (Å²) >= 11 is 2.10. The van der Waals surface area contributed by atoms with E-state index in [0.29, 0.717) is 4.75 Å². The third-order valence-electron chi connectivity index (χ3n) is 4.00. The molecule has 2 fully saturated rings. The second kappa shape index (κ2) is 4.48. The summed E-state index contributed by atoms with van der Waals surface area (Å²) in [6, 6.07) is 0. The van der Waals surface area contributed by atoms with Crippen molar-refractivity contribution in [3.8, 4) is 0 Å². The highest BCUT2D eigenvalue weighted by molar-refractivity contribution is 8.00. The maximum Gasteiger partial charge on any atom is 0.0471 e. The number of hydrogen-bond donors (Lipinski definition) is 1. The Balaban J connectivity index is 2.09. The van der Waals surface area contributed by atoms with Gasteiger partial charge in [0.1, 0.15) is 0 Å². The molecule has 2 aliphatic heterocycles. The van der Waals surface area contributed by atoms with E-state index in [1.54, 1.807) is 0 Å². The van der Waals surface area contributed by atoms with Crippen LogP contribution in [0.5, 0.6) is 0 Å². The van der Waals surface area contributed by atoms with E-state index in [4.69, 9.17) is 5.73 Å². The van der Waals surface area contributed by atoms with Crippen LogP contribution in [0.2, 0.25) is 0 Å². The molecule has 0 amide bonds. The van der Waals surface area contributed by atoms with Gasteiger partial charge in [-0.2, -0.15) is 11.8 Å². The van der Waals surface area contributed by atoms with Crippen LogP contribution >= 0.6 is 11.8 Å². The monoisotopic (exact) mass is 243 g/mol. The summed E-state index contributed by atoms with van der Waals surface area (Å²) in [7, 11) is 2.21. The van der Waals surface area contributed by atoms with E-state index in [0.717, 1.165) is 13.1 Å². The lowest BCUT2D eigenvalue weighted by Crippen LogP contribution is -2.60. The Bertz CT molecular complexity index is 257. The smallest absolute Gasteiger partial charge is 0.0471 e. The molecule has 0 saturated carbocycles. The van der Waals surface area contributed by atoms with E-state index in [-0.39, 0.29) is 5.54 Å². The molecule has 94 valence electrons. The molecule has 2 saturated heterocycles. The largest absolute Gasteiger partial charge is 0.329 e. The molecule has 4 heteroatoms. The van der Waals surface area contributed by atoms with E-state index in [9.17, 15) is 0 Å². The molecule has 2 rings (SSSR count). The van der Waals surface area contributed by atoms with Crippen molar-refractivity contribution in [2.45, 2.75) is 30.6 Å². The van der Waals surface area contributed by atoms with Crippen molar-refractivity contribution < 1.29 is 0 Å². The van der Waals surface area contributed by atoms with Crippen LogP contribution in [0.3, 0.4) is 0 Å². The van der Waals surface area contributed by atoms with E-state index in [1.165, 1.54) is 31.8 Å². The topological polar surface area (TPSA) is 32.5 Å². The first-order valence-corrected chi connectivity index (χ1v) is 7.24. The Morgan fingerprint density at radius 1 is 1.25 bits per heavy atom. The highest BCUT2D eigenvalue weighted by atomic mass is 32.2. The lowest BCUT2D eigenvalue weighted by Gasteiger charge is -2.47. The molecule has 16 heavy (non-hydrogen) atoms. The van der Waals surface area contributed by atoms with E-state index in [1.807, 2.05) is 0 Å². The van der Waals surface area contributed by atoms with Gasteiger partial charge in [-0.25, -0.2) is 0 Å². The van der Waals surface area contributed by atoms with Crippen LogP contribution < -0.4 is 5.73 Å². The van der Waals surface area contributed by atoms with Crippen LogP contribution in [-0.4, -0.2) is 65.6 Å². The summed E-state index contributed by atoms with van der Waals surface area (Å²) in [5.41, 5.74) is 6.33. The summed E-state index contributed by atoms with van der Waals surface area (Å²) in [6.45, 7) is 10.2. The normalized spacial score (nSPS) is 36.8. The molecular formula is C12H25N3S. The Hall–Kier alpha value is 0.230. The number of thioether (sulfide) groups is 1. The molecule has 0 radical (unpaired) electrons. The van der Waals surface area contributed by atoms with Gasteiger partial charge in [-0.05, 0) is 33.9 Å². The highest BCUT2D eigenvalue weighted by Crippen LogP contribution is 2.36. The fourth-order valence-electron chi connectivity index (χ4n) is 3.03. The minimum Gasteiger partial charge on any atom is -0.329 e. The van der Waals surface area contributed by atoms with Gasteiger partial charge in [-0.15, -0.1) is 0 Å². The molecule has 1 atom stereocenters. The standard InChI is InChI=1S/C12H25N3S/c1-11(2)9-15(6-7-16-11)12(8-13)4-5-14(3)10-12/h4-10,13H2,1-3H3. The number of rotatable bonds is 2. The van der Waals surface area contributed by atoms with Crippen LogP contribution in [0.4, 0.5) is 0 Å². The maximum atomic E-state index is 6.08. The first-order valence-electron chi connectivity index (χ1n) is 6.25. The van der Waals surface area contributed by atoms with Crippen molar-refractivity contribution in [2.75, 3.05) is 45.5 Å². The quantitative estimate of drug-likeness (QED) is 0.779. The van der Waals surface area contributed by atoms with Gasteiger partial charge in [0.05, 0.1) is 0 Å². The van der Waals surface area contributed by atoms with Crippen molar-refractivity contribution in [2.24, 2.45) is 5.73 Å². The third-order valence-corrected chi connectivity index (χ3v) is 5.30. The average molecular weight is 243 g/mol. The number of hydrogen-bond acceptors (Lipinski definition) is 4. The van der Waals surface area contributed by atoms with Crippen molar-refractivity contribution >= 4 is 11.8 Å². The SMILES string of the molecule is CN1CCC(CN)(N2CCSC(C)(C)C2)C1. The first-order chi connectivity index (χ1) is 7.47. The van der Waals surface area contributed by atoms with Crippen molar-refractivity contribution in [1.29, 1.82) is 0 Å².